The van der Waals surface area contributed by atoms with E-state index >= 15 is 0 Å². The van der Waals surface area contributed by atoms with Crippen LogP contribution < -0.4 is 10.6 Å². The Kier molecular flexibility index (Phi) is 4.42. The van der Waals surface area contributed by atoms with Gasteiger partial charge in [-0.1, -0.05) is 36.4 Å². The highest BCUT2D eigenvalue weighted by Gasteiger charge is 2.26. The zero-order chi connectivity index (χ0) is 18.8. The van der Waals surface area contributed by atoms with Gasteiger partial charge in [-0.05, 0) is 53.4 Å². The lowest BCUT2D eigenvalue weighted by atomic mass is 9.95. The Balaban J connectivity index is 1.65. The van der Waals surface area contributed by atoms with Gasteiger partial charge in [0, 0.05) is 12.1 Å². The Labute approximate surface area is 156 Å². The second kappa shape index (κ2) is 7.03. The van der Waals surface area contributed by atoms with E-state index in [4.69, 9.17) is 0 Å². The summed E-state index contributed by atoms with van der Waals surface area (Å²) in [5, 5.41) is 5.66. The summed E-state index contributed by atoms with van der Waals surface area (Å²) in [7, 11) is 0. The van der Waals surface area contributed by atoms with Crippen LogP contribution >= 0.6 is 0 Å². The summed E-state index contributed by atoms with van der Waals surface area (Å²) < 4.78 is 13.1. The highest BCUT2D eigenvalue weighted by atomic mass is 19.1. The van der Waals surface area contributed by atoms with E-state index in [2.05, 4.69) is 10.6 Å². The van der Waals surface area contributed by atoms with Crippen LogP contribution in [0.1, 0.15) is 37.4 Å². The molecule has 0 radical (unpaired) electrons. The van der Waals surface area contributed by atoms with Crippen molar-refractivity contribution in [3.63, 3.8) is 0 Å². The molecule has 2 N–H and O–H groups in total. The Morgan fingerprint density at radius 2 is 1.74 bits per heavy atom. The molecular weight excluding hydrogens is 343 g/mol. The second-order valence-corrected chi connectivity index (χ2v) is 6.43. The van der Waals surface area contributed by atoms with E-state index in [0.717, 1.165) is 16.7 Å². The number of halogens is 1. The minimum atomic E-state index is -0.278. The number of carbonyl (C=O) groups excluding carboxylic acids is 2. The van der Waals surface area contributed by atoms with E-state index in [0.29, 0.717) is 29.8 Å². The van der Waals surface area contributed by atoms with Gasteiger partial charge >= 0.3 is 0 Å². The molecule has 1 aliphatic heterocycles. The van der Waals surface area contributed by atoms with Gasteiger partial charge in [-0.2, -0.15) is 0 Å². The maximum atomic E-state index is 13.1. The Hall–Kier alpha value is -3.47. The number of benzene rings is 3. The minimum absolute atomic E-state index is 0.200. The van der Waals surface area contributed by atoms with Gasteiger partial charge in [-0.3, -0.25) is 9.59 Å². The second-order valence-electron chi connectivity index (χ2n) is 6.43. The summed E-state index contributed by atoms with van der Waals surface area (Å²) in [4.78, 5) is 24.8. The van der Waals surface area contributed by atoms with Crippen LogP contribution in [0.2, 0.25) is 0 Å². The predicted molar refractivity (Wildman–Crippen MR) is 101 cm³/mol. The first kappa shape index (κ1) is 17.0. The van der Waals surface area contributed by atoms with E-state index in [1.165, 1.54) is 12.1 Å². The maximum Gasteiger partial charge on any atom is 0.255 e. The molecule has 0 bridgehead atoms. The number of nitrogens with one attached hydrogen (secondary N) is 2. The molecular formula is C22H17FN2O2. The first-order chi connectivity index (χ1) is 13.1. The van der Waals surface area contributed by atoms with Gasteiger partial charge in [0.15, 0.2) is 0 Å². The van der Waals surface area contributed by atoms with Crippen molar-refractivity contribution in [1.82, 2.24) is 5.32 Å². The van der Waals surface area contributed by atoms with Gasteiger partial charge in [-0.25, -0.2) is 4.39 Å². The molecule has 0 spiro atoms. The van der Waals surface area contributed by atoms with Crippen molar-refractivity contribution < 1.29 is 14.0 Å². The molecule has 0 saturated carbocycles. The molecule has 1 heterocycles. The fourth-order valence-electron chi connectivity index (χ4n) is 3.29. The van der Waals surface area contributed by atoms with Gasteiger partial charge in [0.2, 0.25) is 0 Å². The average molecular weight is 360 g/mol. The van der Waals surface area contributed by atoms with E-state index in [1.54, 1.807) is 42.5 Å². The van der Waals surface area contributed by atoms with Crippen LogP contribution in [-0.4, -0.2) is 11.8 Å². The number of anilines is 1. The third kappa shape index (κ3) is 3.44. The number of rotatable bonds is 4. The highest BCUT2D eigenvalue weighted by Crippen LogP contribution is 2.29. The number of amides is 2. The van der Waals surface area contributed by atoms with Crippen molar-refractivity contribution in [2.24, 2.45) is 0 Å². The molecule has 0 atom stereocenters. The average Bonchev–Trinajstić information content (AvgIpc) is 3.08. The molecule has 4 nitrogen and oxygen atoms in total. The van der Waals surface area contributed by atoms with Gasteiger partial charge in [0.25, 0.3) is 11.8 Å². The molecule has 0 aliphatic carbocycles. The SMILES string of the molecule is O=C(Nc1ccc(Cc2ccc(F)cc2)c2c1C(=O)NC2)c1ccccc1. The summed E-state index contributed by atoms with van der Waals surface area (Å²) in [5.74, 6) is -0.738. The minimum Gasteiger partial charge on any atom is -0.348 e. The van der Waals surface area contributed by atoms with Gasteiger partial charge in [0.05, 0.1) is 11.3 Å². The van der Waals surface area contributed by atoms with Crippen molar-refractivity contribution in [2.75, 3.05) is 5.32 Å². The third-order valence-corrected chi connectivity index (χ3v) is 4.65. The highest BCUT2D eigenvalue weighted by molar-refractivity contribution is 6.10. The predicted octanol–water partition coefficient (Wildman–Crippen LogP) is 3.91. The van der Waals surface area contributed by atoms with Crippen LogP contribution in [0.5, 0.6) is 0 Å². The van der Waals surface area contributed by atoms with Gasteiger partial charge in [0.1, 0.15) is 5.82 Å². The van der Waals surface area contributed by atoms with Crippen molar-refractivity contribution in [3.8, 4) is 0 Å². The zero-order valence-electron chi connectivity index (χ0n) is 14.5. The molecule has 0 unspecified atom stereocenters. The third-order valence-electron chi connectivity index (χ3n) is 4.65. The molecule has 5 heteroatoms. The summed E-state index contributed by atoms with van der Waals surface area (Å²) >= 11 is 0. The number of hydrogen-bond donors (Lipinski definition) is 2. The fourth-order valence-corrected chi connectivity index (χ4v) is 3.29. The van der Waals surface area contributed by atoms with E-state index in [1.807, 2.05) is 12.1 Å². The van der Waals surface area contributed by atoms with Crippen molar-refractivity contribution >= 4 is 17.5 Å². The smallest absolute Gasteiger partial charge is 0.255 e. The van der Waals surface area contributed by atoms with Crippen LogP contribution in [0.25, 0.3) is 0 Å². The van der Waals surface area contributed by atoms with Crippen molar-refractivity contribution in [2.45, 2.75) is 13.0 Å². The summed E-state index contributed by atoms with van der Waals surface area (Å²) in [6.45, 7) is 0.416. The van der Waals surface area contributed by atoms with Gasteiger partial charge in [-0.15, -0.1) is 0 Å². The van der Waals surface area contributed by atoms with E-state index in [9.17, 15) is 14.0 Å². The number of carbonyl (C=O) groups is 2. The Morgan fingerprint density at radius 3 is 2.48 bits per heavy atom. The molecule has 0 saturated heterocycles. The Bertz CT molecular complexity index is 1010. The monoisotopic (exact) mass is 360 g/mol. The lowest BCUT2D eigenvalue weighted by Crippen LogP contribution is -2.17. The first-order valence-electron chi connectivity index (χ1n) is 8.65. The van der Waals surface area contributed by atoms with E-state index < -0.39 is 0 Å². The normalized spacial score (nSPS) is 12.4. The largest absolute Gasteiger partial charge is 0.348 e. The molecule has 0 fully saturated rings. The van der Waals surface area contributed by atoms with Gasteiger partial charge < -0.3 is 10.6 Å². The van der Waals surface area contributed by atoms with Crippen molar-refractivity contribution in [3.05, 3.63) is 100 Å². The van der Waals surface area contributed by atoms with E-state index in [-0.39, 0.29) is 17.6 Å². The summed E-state index contributed by atoms with van der Waals surface area (Å²) in [6.07, 6.45) is 0.588. The fraction of sp³-hybridized carbons (Fsp3) is 0.0909. The molecule has 1 aliphatic rings. The van der Waals surface area contributed by atoms with Crippen LogP contribution in [0, 0.1) is 5.82 Å². The van der Waals surface area contributed by atoms with Crippen molar-refractivity contribution in [1.29, 1.82) is 0 Å². The summed E-state index contributed by atoms with van der Waals surface area (Å²) in [5.41, 5.74) is 4.33. The molecule has 3 aromatic rings. The molecule has 3 aromatic carbocycles. The topological polar surface area (TPSA) is 58.2 Å². The quantitative estimate of drug-likeness (QED) is 0.741. The molecule has 4 rings (SSSR count). The van der Waals surface area contributed by atoms with Crippen LogP contribution in [-0.2, 0) is 13.0 Å². The Morgan fingerprint density at radius 1 is 1.00 bits per heavy atom. The first-order valence-corrected chi connectivity index (χ1v) is 8.65. The molecule has 134 valence electrons. The van der Waals surface area contributed by atoms with Crippen LogP contribution in [0.3, 0.4) is 0 Å². The lowest BCUT2D eigenvalue weighted by Gasteiger charge is -2.13. The number of hydrogen-bond acceptors (Lipinski definition) is 2. The molecule has 27 heavy (non-hydrogen) atoms. The van der Waals surface area contributed by atoms with Crippen LogP contribution in [0.4, 0.5) is 10.1 Å². The zero-order valence-corrected chi connectivity index (χ0v) is 14.5. The summed E-state index contributed by atoms with van der Waals surface area (Å²) in [6, 6.07) is 18.8. The molecule has 0 aromatic heterocycles. The molecule has 2 amide bonds. The number of fused-ring (bicyclic) bond motifs is 1. The standard InChI is InChI=1S/C22H17FN2O2/c23-17-9-6-14(7-10-17)12-16-8-11-19(20-18(16)13-24-22(20)27)25-21(26)15-4-2-1-3-5-15/h1-11H,12-13H2,(H,24,27)(H,25,26). The van der Waals surface area contributed by atoms with Crippen LogP contribution in [0.15, 0.2) is 66.7 Å². The maximum absolute atomic E-state index is 13.1. The lowest BCUT2D eigenvalue weighted by molar-refractivity contribution is 0.0966.